The lowest BCUT2D eigenvalue weighted by atomic mass is 10.1. The first kappa shape index (κ1) is 10.9. The highest BCUT2D eigenvalue weighted by atomic mass is 19.3. The highest BCUT2D eigenvalue weighted by molar-refractivity contribution is 5.31. The van der Waals surface area contributed by atoms with Crippen molar-refractivity contribution in [1.82, 2.24) is 4.98 Å². The molecule has 76 valence electrons. The fraction of sp³-hybridized carbons (Fsp3) is 0.222. The molecule has 0 unspecified atom stereocenters. The lowest BCUT2D eigenvalue weighted by molar-refractivity contribution is 0.145. The number of nitrogens with one attached hydrogen (secondary N) is 1. The van der Waals surface area contributed by atoms with Gasteiger partial charge in [0.15, 0.2) is 5.43 Å². The third kappa shape index (κ3) is 2.18. The maximum atomic E-state index is 12.5. The number of aromatic amines is 1. The number of rotatable bonds is 2. The Bertz CT molecular complexity index is 508. The van der Waals surface area contributed by atoms with Gasteiger partial charge in [-0.05, 0) is 0 Å². The van der Waals surface area contributed by atoms with Gasteiger partial charge in [0.25, 0.3) is 6.43 Å². The van der Waals surface area contributed by atoms with Gasteiger partial charge in [-0.15, -0.1) is 0 Å². The van der Waals surface area contributed by atoms with Gasteiger partial charge >= 0.3 is 0 Å². The average molecular weight is 209 g/mol. The van der Waals surface area contributed by atoms with E-state index < -0.39 is 24.0 Å². The Balaban J connectivity index is 3.46. The van der Waals surface area contributed by atoms with Crippen molar-refractivity contribution in [2.75, 3.05) is 0 Å². The van der Waals surface area contributed by atoms with E-state index in [4.69, 9.17) is 10.5 Å². The summed E-state index contributed by atoms with van der Waals surface area (Å²) in [6.45, 7) is 0. The Morgan fingerprint density at radius 1 is 1.47 bits per heavy atom. The van der Waals surface area contributed by atoms with Crippen LogP contribution in [-0.4, -0.2) is 4.98 Å². The molecule has 0 aliphatic carbocycles. The summed E-state index contributed by atoms with van der Waals surface area (Å²) in [4.78, 5) is 13.4. The second kappa shape index (κ2) is 4.34. The standard InChI is InChI=1S/C9H5F2N3O/c10-9(11)8-6(1-2-12)7(15)3-5(4-13)14-8/h3,9H,1H2,(H,14,15). The molecule has 0 aliphatic rings. The van der Waals surface area contributed by atoms with Crippen LogP contribution < -0.4 is 5.43 Å². The van der Waals surface area contributed by atoms with Crippen LogP contribution in [0, 0.1) is 22.7 Å². The summed E-state index contributed by atoms with van der Waals surface area (Å²) in [6.07, 6.45) is -3.31. The van der Waals surface area contributed by atoms with E-state index in [1.165, 1.54) is 0 Å². The van der Waals surface area contributed by atoms with E-state index in [0.717, 1.165) is 6.07 Å². The molecule has 6 heteroatoms. The Morgan fingerprint density at radius 3 is 2.60 bits per heavy atom. The van der Waals surface area contributed by atoms with E-state index in [0.29, 0.717) is 0 Å². The molecule has 0 aliphatic heterocycles. The second-order valence-corrected chi connectivity index (χ2v) is 2.69. The van der Waals surface area contributed by atoms with Crippen molar-refractivity contribution in [3.8, 4) is 12.1 Å². The molecule has 1 aromatic heterocycles. The Labute approximate surface area is 83.4 Å². The zero-order valence-electron chi connectivity index (χ0n) is 7.42. The largest absolute Gasteiger partial charge is 0.345 e. The number of hydrogen-bond acceptors (Lipinski definition) is 3. The molecule has 0 radical (unpaired) electrons. The predicted molar refractivity (Wildman–Crippen MR) is 46.1 cm³/mol. The summed E-state index contributed by atoms with van der Waals surface area (Å²) >= 11 is 0. The van der Waals surface area contributed by atoms with Crippen molar-refractivity contribution in [1.29, 1.82) is 10.5 Å². The summed E-state index contributed by atoms with van der Waals surface area (Å²) in [5.41, 5.74) is -1.90. The normalized spacial score (nSPS) is 9.67. The quantitative estimate of drug-likeness (QED) is 0.795. The highest BCUT2D eigenvalue weighted by Crippen LogP contribution is 2.19. The molecule has 15 heavy (non-hydrogen) atoms. The number of halogens is 2. The van der Waals surface area contributed by atoms with Gasteiger partial charge in [0, 0.05) is 11.6 Å². The molecule has 1 N–H and O–H groups in total. The summed E-state index contributed by atoms with van der Waals surface area (Å²) in [6, 6.07) is 4.08. The van der Waals surface area contributed by atoms with Crippen molar-refractivity contribution in [3.63, 3.8) is 0 Å². The number of nitrogens with zero attached hydrogens (tertiary/aromatic N) is 2. The van der Waals surface area contributed by atoms with E-state index in [1.54, 1.807) is 12.1 Å². The molecule has 0 atom stereocenters. The first-order chi connectivity index (χ1) is 7.10. The summed E-state index contributed by atoms with van der Waals surface area (Å²) in [5, 5.41) is 16.8. The lowest BCUT2D eigenvalue weighted by Gasteiger charge is -2.05. The number of aromatic nitrogens is 1. The molecule has 1 aromatic rings. The number of alkyl halides is 2. The van der Waals surface area contributed by atoms with Gasteiger partial charge in [0.05, 0.1) is 18.2 Å². The van der Waals surface area contributed by atoms with Gasteiger partial charge < -0.3 is 4.98 Å². The minimum atomic E-state index is -2.91. The van der Waals surface area contributed by atoms with E-state index >= 15 is 0 Å². The smallest absolute Gasteiger partial charge is 0.278 e. The predicted octanol–water partition coefficient (Wildman–Crippen LogP) is 1.25. The monoisotopic (exact) mass is 209 g/mol. The first-order valence-electron chi connectivity index (χ1n) is 3.91. The van der Waals surface area contributed by atoms with E-state index in [9.17, 15) is 13.6 Å². The molecule has 0 spiro atoms. The Kier molecular flexibility index (Phi) is 3.14. The van der Waals surface area contributed by atoms with Crippen molar-refractivity contribution in [3.05, 3.63) is 33.2 Å². The van der Waals surface area contributed by atoms with E-state index in [1.807, 2.05) is 0 Å². The molecule has 0 saturated carbocycles. The fourth-order valence-corrected chi connectivity index (χ4v) is 1.12. The average Bonchev–Trinajstić information content (AvgIpc) is 2.20. The maximum absolute atomic E-state index is 12.5. The molecular weight excluding hydrogens is 204 g/mol. The molecule has 0 amide bonds. The topological polar surface area (TPSA) is 80.4 Å². The fourth-order valence-electron chi connectivity index (χ4n) is 1.12. The summed E-state index contributed by atoms with van der Waals surface area (Å²) in [5.74, 6) is 0. The third-order valence-corrected chi connectivity index (χ3v) is 1.76. The molecule has 4 nitrogen and oxygen atoms in total. The molecule has 0 aromatic carbocycles. The second-order valence-electron chi connectivity index (χ2n) is 2.69. The van der Waals surface area contributed by atoms with Crippen LogP contribution in [0.2, 0.25) is 0 Å². The Hall–Kier alpha value is -2.21. The van der Waals surface area contributed by atoms with Crippen LogP contribution in [0.3, 0.4) is 0 Å². The Morgan fingerprint density at radius 2 is 2.13 bits per heavy atom. The van der Waals surface area contributed by atoms with Gasteiger partial charge in [-0.25, -0.2) is 8.78 Å². The summed E-state index contributed by atoms with van der Waals surface area (Å²) in [7, 11) is 0. The zero-order chi connectivity index (χ0) is 11.4. The van der Waals surface area contributed by atoms with Gasteiger partial charge in [-0.2, -0.15) is 10.5 Å². The number of hydrogen-bond donors (Lipinski definition) is 1. The van der Waals surface area contributed by atoms with Crippen LogP contribution in [0.5, 0.6) is 0 Å². The van der Waals surface area contributed by atoms with Gasteiger partial charge in [-0.3, -0.25) is 4.79 Å². The minimum Gasteiger partial charge on any atom is -0.345 e. The summed E-state index contributed by atoms with van der Waals surface area (Å²) < 4.78 is 24.9. The molecule has 0 bridgehead atoms. The molecule has 1 rings (SSSR count). The molecule has 0 fully saturated rings. The zero-order valence-corrected chi connectivity index (χ0v) is 7.42. The van der Waals surface area contributed by atoms with Gasteiger partial charge in [0.2, 0.25) is 0 Å². The van der Waals surface area contributed by atoms with Crippen LogP contribution >= 0.6 is 0 Å². The molecule has 1 heterocycles. The third-order valence-electron chi connectivity index (χ3n) is 1.76. The van der Waals surface area contributed by atoms with Crippen LogP contribution in [0.15, 0.2) is 10.9 Å². The van der Waals surface area contributed by atoms with Gasteiger partial charge in [-0.1, -0.05) is 0 Å². The van der Waals surface area contributed by atoms with Crippen molar-refractivity contribution < 1.29 is 8.78 Å². The van der Waals surface area contributed by atoms with Crippen molar-refractivity contribution in [2.24, 2.45) is 0 Å². The van der Waals surface area contributed by atoms with Crippen LogP contribution in [0.4, 0.5) is 8.78 Å². The SMILES string of the molecule is N#CCc1c(C(F)F)[nH]c(C#N)cc1=O. The van der Waals surface area contributed by atoms with Gasteiger partial charge in [0.1, 0.15) is 11.8 Å². The lowest BCUT2D eigenvalue weighted by Crippen LogP contribution is -2.14. The van der Waals surface area contributed by atoms with Crippen LogP contribution in [0.1, 0.15) is 23.4 Å². The molecular formula is C9H5F2N3O. The number of pyridine rings is 1. The van der Waals surface area contributed by atoms with E-state index in [2.05, 4.69) is 4.98 Å². The number of H-pyrrole nitrogens is 1. The minimum absolute atomic E-state index is 0.239. The van der Waals surface area contributed by atoms with Crippen LogP contribution in [0.25, 0.3) is 0 Å². The highest BCUT2D eigenvalue weighted by Gasteiger charge is 2.17. The van der Waals surface area contributed by atoms with Crippen molar-refractivity contribution >= 4 is 0 Å². The van der Waals surface area contributed by atoms with Crippen LogP contribution in [-0.2, 0) is 6.42 Å². The first-order valence-corrected chi connectivity index (χ1v) is 3.91. The molecule has 0 saturated heterocycles. The maximum Gasteiger partial charge on any atom is 0.278 e. The number of nitriles is 2. The van der Waals surface area contributed by atoms with Crippen molar-refractivity contribution in [2.45, 2.75) is 12.8 Å². The van der Waals surface area contributed by atoms with E-state index in [-0.39, 0.29) is 11.3 Å².